The first-order valence-electron chi connectivity index (χ1n) is 36.5. The van der Waals surface area contributed by atoms with E-state index in [9.17, 15) is 25.3 Å². The van der Waals surface area contributed by atoms with Gasteiger partial charge < -0.3 is 52.1 Å². The van der Waals surface area contributed by atoms with Crippen molar-refractivity contribution >= 4 is 29.5 Å². The topological polar surface area (TPSA) is 253 Å². The maximum Gasteiger partial charge on any atom is 0.188 e. The highest BCUT2D eigenvalue weighted by Crippen LogP contribution is 2.41. The van der Waals surface area contributed by atoms with E-state index in [1.807, 2.05) is 210 Å². The molecule has 576 valence electrons. The van der Waals surface area contributed by atoms with Gasteiger partial charge in [0.05, 0.1) is 87.9 Å². The smallest absolute Gasteiger partial charge is 0.188 e. The van der Waals surface area contributed by atoms with Crippen LogP contribution in [0.3, 0.4) is 0 Å². The number of rotatable bonds is 33. The predicted molar refractivity (Wildman–Crippen MR) is 412 cm³/mol. The van der Waals surface area contributed by atoms with Crippen molar-refractivity contribution in [3.05, 3.63) is 262 Å². The normalized spacial score (nSPS) is 28.2. The third-order valence-corrected chi connectivity index (χ3v) is 25.5. The molecule has 4 saturated heterocycles. The number of ether oxygens (including phenoxy) is 11. The third-order valence-electron chi connectivity index (χ3n) is 19.5. The Morgan fingerprint density at radius 2 is 0.736 bits per heavy atom. The predicted octanol–water partition coefficient (Wildman–Crippen LogP) is 15.4. The summed E-state index contributed by atoms with van der Waals surface area (Å²) in [6.07, 6.45) is -5.30. The van der Waals surface area contributed by atoms with E-state index < -0.39 is 101 Å². The summed E-state index contributed by atoms with van der Waals surface area (Å²) in [7, 11) is -11.1. The van der Waals surface area contributed by atoms with E-state index in [1.165, 1.54) is 0 Å². The van der Waals surface area contributed by atoms with Gasteiger partial charge in [0.15, 0.2) is 52.1 Å². The van der Waals surface area contributed by atoms with Gasteiger partial charge in [-0.3, -0.25) is 0 Å². The molecule has 19 unspecified atom stereocenters. The van der Waals surface area contributed by atoms with Crippen LogP contribution in [0.4, 0.5) is 0 Å². The van der Waals surface area contributed by atoms with Crippen molar-refractivity contribution in [1.82, 2.24) is 0 Å². The molecule has 0 N–H and O–H groups in total. The van der Waals surface area contributed by atoms with Crippen molar-refractivity contribution in [1.29, 1.82) is 0 Å². The van der Waals surface area contributed by atoms with Crippen molar-refractivity contribution < 1.29 is 77.4 Å². The van der Waals surface area contributed by atoms with Crippen LogP contribution in [0, 0.1) is 23.7 Å². The standard InChI is InChI=1S/C47H58O9S.C19H27N3O4S.C17H24O4S/c1-6-40-34(4)35(5)42(51-28-37-21-13-8-14-22-37)46(54-40)56-43-41(31-50-27-36-19-11-7-12-20-36)55-47(57(48,49)32-33(2)3)45(53-30-39-25-17-10-18-26-39)44(43)52-29-38-23-15-9-16-24-38;1-5-16-14(4)18(25-11-15-9-7-6-8-10-15)17(21-22-20)19(26-16)27(23,24)12-13(2)3;1-12(2)11-22(18,19)17-16(13(3)14(4)21-17)20-10-15-8-6-5-7-9-15/h7-26,34-35,40-47H,2,6,27-32H2,1,3-5H3;6-10,14,16-19H,2,5,11-12H2,1,3-4H3;5-9,13-14,16-17H,1,10-11H2,2-4H3. The fraction of sp³-hybridized carbons (Fsp3) is 0.494. The number of hydrogen-bond acceptors (Lipinski definition) is 18. The molecule has 4 aliphatic rings. The fourth-order valence-electron chi connectivity index (χ4n) is 13.7. The van der Waals surface area contributed by atoms with Gasteiger partial charge >= 0.3 is 0 Å². The van der Waals surface area contributed by atoms with E-state index in [0.29, 0.717) is 43.0 Å². The van der Waals surface area contributed by atoms with Crippen molar-refractivity contribution in [3.8, 4) is 0 Å². The first-order chi connectivity index (χ1) is 50.7. The van der Waals surface area contributed by atoms with Gasteiger partial charge in [0.1, 0.15) is 42.7 Å². The Morgan fingerprint density at radius 1 is 0.396 bits per heavy atom. The lowest BCUT2D eigenvalue weighted by atomic mass is 9.82. The third kappa shape index (κ3) is 24.4. The number of nitrogens with zero attached hydrogens (tertiary/aromatic N) is 3. The zero-order valence-corrected chi connectivity index (χ0v) is 65.4. The minimum atomic E-state index is -3.99. The summed E-state index contributed by atoms with van der Waals surface area (Å²) >= 11 is 0. The van der Waals surface area contributed by atoms with Crippen LogP contribution < -0.4 is 0 Å². The summed E-state index contributed by atoms with van der Waals surface area (Å²) in [6.45, 7) is 32.2. The van der Waals surface area contributed by atoms with Gasteiger partial charge in [0, 0.05) is 16.7 Å². The van der Waals surface area contributed by atoms with Crippen LogP contribution in [0.15, 0.2) is 224 Å². The molecule has 20 nitrogen and oxygen atoms in total. The Hall–Kier alpha value is -6.74. The minimum Gasteiger partial charge on any atom is -0.374 e. The second-order valence-electron chi connectivity index (χ2n) is 28.5. The molecule has 6 aromatic rings. The van der Waals surface area contributed by atoms with Crippen LogP contribution in [0.25, 0.3) is 10.4 Å². The Labute approximate surface area is 629 Å². The molecule has 4 heterocycles. The summed E-state index contributed by atoms with van der Waals surface area (Å²) in [4.78, 5) is 2.87. The highest BCUT2D eigenvalue weighted by molar-refractivity contribution is 7.92. The molecule has 23 heteroatoms. The Balaban J connectivity index is 0.000000238. The highest BCUT2D eigenvalue weighted by Gasteiger charge is 2.56. The second kappa shape index (κ2) is 41.2. The van der Waals surface area contributed by atoms with Crippen LogP contribution in [-0.4, -0.2) is 139 Å². The monoisotopic (exact) mass is 1520 g/mol. The van der Waals surface area contributed by atoms with Crippen molar-refractivity contribution in [3.63, 3.8) is 0 Å². The van der Waals surface area contributed by atoms with Crippen LogP contribution in [0.5, 0.6) is 0 Å². The zero-order chi connectivity index (χ0) is 76.6. The van der Waals surface area contributed by atoms with Gasteiger partial charge in [0.2, 0.25) is 0 Å². The fourth-order valence-corrected chi connectivity index (χ4v) is 19.3. The quantitative estimate of drug-likeness (QED) is 0.0161. The van der Waals surface area contributed by atoms with Gasteiger partial charge in [-0.15, -0.1) is 0 Å². The average molecular weight is 1520 g/mol. The lowest BCUT2D eigenvalue weighted by Gasteiger charge is -2.49. The van der Waals surface area contributed by atoms with Crippen molar-refractivity contribution in [2.75, 3.05) is 23.9 Å². The molecule has 0 amide bonds. The van der Waals surface area contributed by atoms with Gasteiger partial charge in [-0.05, 0) is 91.3 Å². The molecule has 19 atom stereocenters. The van der Waals surface area contributed by atoms with E-state index in [1.54, 1.807) is 20.8 Å². The van der Waals surface area contributed by atoms with Crippen LogP contribution >= 0.6 is 0 Å². The van der Waals surface area contributed by atoms with E-state index in [0.717, 1.165) is 39.8 Å². The second-order valence-corrected chi connectivity index (χ2v) is 34.7. The lowest BCUT2D eigenvalue weighted by Crippen LogP contribution is -2.65. The van der Waals surface area contributed by atoms with Gasteiger partial charge in [0.25, 0.3) is 0 Å². The molecule has 0 bridgehead atoms. The Kier molecular flexibility index (Phi) is 33.0. The van der Waals surface area contributed by atoms with E-state index in [2.05, 4.69) is 50.5 Å². The maximum atomic E-state index is 14.4. The summed E-state index contributed by atoms with van der Waals surface area (Å²) in [5, 5.41) is 3.77. The van der Waals surface area contributed by atoms with E-state index in [4.69, 9.17) is 57.6 Å². The lowest BCUT2D eigenvalue weighted by molar-refractivity contribution is -0.337. The molecule has 0 radical (unpaired) electrons. The number of sulfone groups is 3. The molecule has 0 aliphatic carbocycles. The Morgan fingerprint density at radius 3 is 1.13 bits per heavy atom. The van der Waals surface area contributed by atoms with Crippen molar-refractivity contribution in [2.45, 2.75) is 211 Å². The van der Waals surface area contributed by atoms with Crippen LogP contribution in [0.1, 0.15) is 115 Å². The molecule has 10 rings (SSSR count). The first-order valence-corrected chi connectivity index (χ1v) is 41.7. The highest BCUT2D eigenvalue weighted by atomic mass is 32.2. The minimum absolute atomic E-state index is 0.0146. The van der Waals surface area contributed by atoms with E-state index >= 15 is 0 Å². The molecular formula is C83H109N3O17S3. The SMILES string of the molecule is C=C(C)CS(=O)(=O)C1OC(C)C(C)C1OCc1ccccc1.C=C(C)CS(=O)(=O)C1OC(CC)C(C)C(OCc2ccccc2)C1N=[N+]=[N-].C=C(C)CS(=O)(=O)C1OC(COCc2ccccc2)C(OC2OC(CC)C(C)C(C)C2OCc2ccccc2)C(OCc2ccccc2)C1OCc1ccccc1. The number of hydrogen-bond donors (Lipinski definition) is 0. The Bertz CT molecular complexity index is 4070. The summed E-state index contributed by atoms with van der Waals surface area (Å²) in [6, 6.07) is 57.6. The molecule has 4 aliphatic heterocycles. The number of benzene rings is 6. The summed E-state index contributed by atoms with van der Waals surface area (Å²) < 4.78 is 150. The summed E-state index contributed by atoms with van der Waals surface area (Å²) in [5.41, 5.74) is 12.8. The first kappa shape index (κ1) is 84.9. The average Bonchev–Trinajstić information content (AvgIpc) is 1.05. The van der Waals surface area contributed by atoms with Gasteiger partial charge in [-0.25, -0.2) is 25.3 Å². The zero-order valence-electron chi connectivity index (χ0n) is 62.9. The maximum absolute atomic E-state index is 14.4. The number of azide groups is 1. The van der Waals surface area contributed by atoms with E-state index in [-0.39, 0.29) is 85.7 Å². The molecule has 106 heavy (non-hydrogen) atoms. The molecule has 0 spiro atoms. The molecule has 4 fully saturated rings. The molecule has 0 saturated carbocycles. The van der Waals surface area contributed by atoms with Crippen LogP contribution in [-0.2, 0) is 121 Å². The molecule has 0 aromatic heterocycles. The van der Waals surface area contributed by atoms with Crippen molar-refractivity contribution in [2.24, 2.45) is 28.8 Å². The molecule has 6 aromatic carbocycles. The van der Waals surface area contributed by atoms with Gasteiger partial charge in [-0.1, -0.05) is 265 Å². The molecular weight excluding hydrogens is 1410 g/mol. The summed E-state index contributed by atoms with van der Waals surface area (Å²) in [5.74, 6) is -0.419. The van der Waals surface area contributed by atoms with Crippen LogP contribution in [0.2, 0.25) is 0 Å². The largest absolute Gasteiger partial charge is 0.374 e. The van der Waals surface area contributed by atoms with Gasteiger partial charge in [-0.2, -0.15) is 0 Å².